The Morgan fingerprint density at radius 1 is 0.760 bits per heavy atom. The summed E-state index contributed by atoms with van der Waals surface area (Å²) in [6, 6.07) is 6.69. The van der Waals surface area contributed by atoms with Gasteiger partial charge in [0.15, 0.2) is 0 Å². The van der Waals surface area contributed by atoms with Gasteiger partial charge in [0.05, 0.1) is 0 Å². The van der Waals surface area contributed by atoms with Crippen LogP contribution in [0.25, 0.3) is 0 Å². The Morgan fingerprint density at radius 2 is 1.04 bits per heavy atom. The van der Waals surface area contributed by atoms with E-state index in [1.807, 2.05) is 0 Å². The van der Waals surface area contributed by atoms with E-state index in [2.05, 4.69) is 73.6 Å². The third-order valence-corrected chi connectivity index (χ3v) is 10.9. The van der Waals surface area contributed by atoms with Crippen molar-refractivity contribution in [3.63, 3.8) is 0 Å². The molecule has 0 aliphatic heterocycles. The van der Waals surface area contributed by atoms with Gasteiger partial charge in [0.2, 0.25) is 0 Å². The van der Waals surface area contributed by atoms with Crippen molar-refractivity contribution in [1.82, 2.24) is 4.98 Å². The molecular weight excluding hydrogens is 476 g/mol. The molecule has 1 rings (SSSR count). The second kappa shape index (κ2) is 14.2. The van der Waals surface area contributed by atoms with Crippen molar-refractivity contribution in [3.05, 3.63) is 29.6 Å². The van der Waals surface area contributed by atoms with Crippen LogP contribution in [-0.2, 0) is 27.5 Å². The summed E-state index contributed by atoms with van der Waals surface area (Å²) in [6.45, 7) is 18.9. The Balaban J connectivity index is 0.00000178. The normalized spacial score (nSPS) is 12.0. The van der Waals surface area contributed by atoms with E-state index in [0.717, 1.165) is 22.6 Å². The van der Waals surface area contributed by atoms with Gasteiger partial charge in [-0.05, 0) is 34.8 Å². The maximum absolute atomic E-state index is 5.01. The number of rotatable bonds is 8. The summed E-state index contributed by atoms with van der Waals surface area (Å²) in [5, 5.41) is 0. The predicted octanol–water partition coefficient (Wildman–Crippen LogP) is 8.06. The van der Waals surface area contributed by atoms with Crippen LogP contribution >= 0.6 is 35.2 Å². The van der Waals surface area contributed by atoms with Crippen LogP contribution in [0.15, 0.2) is 18.2 Å². The molecule has 0 saturated carbocycles. The number of nitrogens with zero attached hydrogens (tertiary/aromatic N) is 1. The van der Waals surface area contributed by atoms with Crippen molar-refractivity contribution in [2.45, 2.75) is 90.3 Å². The number of pyridine rings is 1. The zero-order valence-electron chi connectivity index (χ0n) is 16.9. The van der Waals surface area contributed by atoms with Crippen molar-refractivity contribution in [2.75, 3.05) is 0 Å². The van der Waals surface area contributed by atoms with E-state index in [-0.39, 0.29) is 31.0 Å². The fourth-order valence-corrected chi connectivity index (χ4v) is 7.95. The van der Waals surface area contributed by atoms with Crippen molar-refractivity contribution in [2.24, 2.45) is 0 Å². The van der Waals surface area contributed by atoms with Gasteiger partial charge in [0.25, 0.3) is 0 Å². The summed E-state index contributed by atoms with van der Waals surface area (Å²) >= 11 is -0.346. The molecule has 0 aliphatic rings. The summed E-state index contributed by atoms with van der Waals surface area (Å²) in [7, 11) is 9.77. The maximum atomic E-state index is 5.01. The third-order valence-electron chi connectivity index (χ3n) is 4.21. The van der Waals surface area contributed by atoms with Crippen molar-refractivity contribution >= 4 is 35.2 Å². The first-order valence-electron chi connectivity index (χ1n) is 8.95. The average Bonchev–Trinajstić information content (AvgIpc) is 2.50. The zero-order chi connectivity index (χ0) is 19.6. The predicted molar refractivity (Wildman–Crippen MR) is 118 cm³/mol. The van der Waals surface area contributed by atoms with Gasteiger partial charge >= 0.3 is 34.5 Å². The first-order valence-corrected chi connectivity index (χ1v) is 16.8. The number of hydrogen-bond donors (Lipinski definition) is 0. The first kappa shape index (κ1) is 26.2. The fourth-order valence-electron chi connectivity index (χ4n) is 3.00. The van der Waals surface area contributed by atoms with Gasteiger partial charge in [0.1, 0.15) is 0 Å². The molecule has 0 aliphatic carbocycles. The second-order valence-corrected chi connectivity index (χ2v) is 16.8. The van der Waals surface area contributed by atoms with Crippen LogP contribution in [-0.4, -0.2) is 27.6 Å². The van der Waals surface area contributed by atoms with Gasteiger partial charge in [-0.3, -0.25) is 4.98 Å². The zero-order valence-corrected chi connectivity index (χ0v) is 21.9. The summed E-state index contributed by atoms with van der Waals surface area (Å²) in [6.07, 6.45) is 2.36. The van der Waals surface area contributed by atoms with Crippen molar-refractivity contribution < 1.29 is 15.1 Å². The van der Waals surface area contributed by atoms with Crippen LogP contribution in [0.2, 0.25) is 0 Å². The minimum absolute atomic E-state index is 0.0302. The Kier molecular flexibility index (Phi) is 14.9. The molecule has 148 valence electrons. The van der Waals surface area contributed by atoms with Crippen LogP contribution < -0.4 is 0 Å². The van der Waals surface area contributed by atoms with E-state index in [1.165, 1.54) is 23.7 Å². The Labute approximate surface area is 174 Å². The molecule has 1 aromatic heterocycles. The minimum atomic E-state index is -0.346. The summed E-state index contributed by atoms with van der Waals surface area (Å²) in [4.78, 5) is 5.01. The molecule has 0 unspecified atom stereocenters. The quantitative estimate of drug-likeness (QED) is 0.254. The Bertz CT molecular complexity index is 417. The summed E-state index contributed by atoms with van der Waals surface area (Å²) < 4.78 is 0. The van der Waals surface area contributed by atoms with E-state index in [1.54, 1.807) is 0 Å². The van der Waals surface area contributed by atoms with E-state index in [0.29, 0.717) is 0 Å². The number of aromatic nitrogens is 1. The van der Waals surface area contributed by atoms with Crippen LogP contribution in [0.5, 0.6) is 0 Å². The molecule has 0 N–H and O–H groups in total. The average molecular weight is 511 g/mol. The molecule has 1 nitrogen and oxygen atoms in total. The molecule has 25 heavy (non-hydrogen) atoms. The molecule has 0 bridgehead atoms. The van der Waals surface area contributed by atoms with Gasteiger partial charge in [-0.2, -0.15) is 0 Å². The van der Waals surface area contributed by atoms with Gasteiger partial charge in [-0.1, -0.05) is 77.3 Å². The van der Waals surface area contributed by atoms with E-state index in [9.17, 15) is 0 Å². The molecule has 0 aromatic carbocycles. The summed E-state index contributed by atoms with van der Waals surface area (Å²) in [5.41, 5.74) is 5.75. The topological polar surface area (TPSA) is 12.9 Å². The molecule has 0 saturated heterocycles. The van der Waals surface area contributed by atoms with Gasteiger partial charge in [-0.15, -0.1) is 0 Å². The van der Waals surface area contributed by atoms with Gasteiger partial charge in [0, 0.05) is 23.7 Å². The van der Waals surface area contributed by atoms with E-state index in [4.69, 9.17) is 24.4 Å². The second-order valence-electron chi connectivity index (χ2n) is 7.39. The monoisotopic (exact) mass is 511 g/mol. The van der Waals surface area contributed by atoms with Crippen molar-refractivity contribution in [1.29, 1.82) is 0 Å². The standard InChI is InChI=1S/C19H35NP2.2ClH.Ru/c1-14(2)21(15(3)4)12-18-10-9-11-19(20-18)13-22(16(5)6)17(7)8;;;/h9-11,14-17H,12-13H2,1-8H3;2*1H;/q;;;+2/p-2. The SMILES string of the molecule is CC(C)P(Cc1cccc(CP(C(C)C)C(C)C)n1)C(C)C.[Cl][Ru][Cl]. The van der Waals surface area contributed by atoms with E-state index >= 15 is 0 Å². The molecule has 6 heteroatoms. The Hall–Kier alpha value is 1.21. The van der Waals surface area contributed by atoms with E-state index < -0.39 is 0 Å². The van der Waals surface area contributed by atoms with Crippen LogP contribution in [0.3, 0.4) is 0 Å². The van der Waals surface area contributed by atoms with Crippen molar-refractivity contribution in [3.8, 4) is 0 Å². The van der Waals surface area contributed by atoms with Crippen LogP contribution in [0, 0.1) is 0 Å². The molecule has 0 fully saturated rings. The molecule has 0 amide bonds. The van der Waals surface area contributed by atoms with Crippen LogP contribution in [0.4, 0.5) is 0 Å². The molecule has 1 aromatic rings. The summed E-state index contributed by atoms with van der Waals surface area (Å²) in [5.74, 6) is 0. The Morgan fingerprint density at radius 3 is 1.28 bits per heavy atom. The number of halogens is 2. The van der Waals surface area contributed by atoms with Crippen LogP contribution in [0.1, 0.15) is 66.8 Å². The molecule has 0 radical (unpaired) electrons. The van der Waals surface area contributed by atoms with Gasteiger partial charge < -0.3 is 0 Å². The van der Waals surface area contributed by atoms with Gasteiger partial charge in [-0.25, -0.2) is 0 Å². The molecular formula is C19H35Cl2NP2Ru. The third kappa shape index (κ3) is 11.0. The molecule has 0 spiro atoms. The first-order chi connectivity index (χ1) is 11.6. The number of hydrogen-bond acceptors (Lipinski definition) is 1. The fraction of sp³-hybridized carbons (Fsp3) is 0.737. The molecule has 0 atom stereocenters. The molecule has 1 heterocycles.